The molecule has 0 spiro atoms. The van der Waals surface area contributed by atoms with E-state index in [0.717, 1.165) is 16.8 Å². The number of benzene rings is 3. The molecule has 0 atom stereocenters. The van der Waals surface area contributed by atoms with Gasteiger partial charge in [-0.2, -0.15) is 0 Å². The highest BCUT2D eigenvalue weighted by Gasteiger charge is 2.12. The summed E-state index contributed by atoms with van der Waals surface area (Å²) in [7, 11) is 1.59. The fourth-order valence-electron chi connectivity index (χ4n) is 3.37. The van der Waals surface area contributed by atoms with E-state index < -0.39 is 0 Å². The van der Waals surface area contributed by atoms with Gasteiger partial charge >= 0.3 is 0 Å². The van der Waals surface area contributed by atoms with E-state index in [4.69, 9.17) is 15.5 Å². The molecule has 2 N–H and O–H groups in total. The Bertz CT molecular complexity index is 1270. The van der Waals surface area contributed by atoms with Crippen LogP contribution in [0.5, 0.6) is 5.75 Å². The van der Waals surface area contributed by atoms with Crippen LogP contribution in [-0.2, 0) is 0 Å². The van der Waals surface area contributed by atoms with Gasteiger partial charge in [0.15, 0.2) is 0 Å². The Morgan fingerprint density at radius 1 is 0.966 bits per heavy atom. The van der Waals surface area contributed by atoms with Gasteiger partial charge in [0.2, 0.25) is 0 Å². The van der Waals surface area contributed by atoms with Crippen LogP contribution in [0.2, 0.25) is 0 Å². The van der Waals surface area contributed by atoms with Crippen molar-refractivity contribution in [3.8, 4) is 11.4 Å². The van der Waals surface area contributed by atoms with Crippen molar-refractivity contribution in [3.63, 3.8) is 0 Å². The third kappa shape index (κ3) is 3.38. The molecular weight excluding hydrogens is 362 g/mol. The Hall–Kier alpha value is -3.86. The molecule has 0 unspecified atom stereocenters. The van der Waals surface area contributed by atoms with E-state index in [2.05, 4.69) is 0 Å². The summed E-state index contributed by atoms with van der Waals surface area (Å²) in [6.07, 6.45) is 3.70. The molecule has 0 saturated carbocycles. The lowest BCUT2D eigenvalue weighted by Crippen LogP contribution is -2.22. The van der Waals surface area contributed by atoms with Gasteiger partial charge in [0, 0.05) is 5.56 Å². The first-order valence-corrected chi connectivity index (χ1v) is 9.28. The van der Waals surface area contributed by atoms with E-state index in [9.17, 15) is 4.79 Å². The quantitative estimate of drug-likeness (QED) is 0.529. The first-order valence-electron chi connectivity index (χ1n) is 9.28. The van der Waals surface area contributed by atoms with Crippen LogP contribution < -0.4 is 16.0 Å². The van der Waals surface area contributed by atoms with Crippen LogP contribution in [0, 0.1) is 6.92 Å². The van der Waals surface area contributed by atoms with Crippen molar-refractivity contribution < 1.29 is 4.74 Å². The van der Waals surface area contributed by atoms with Gasteiger partial charge in [-0.3, -0.25) is 9.36 Å². The van der Waals surface area contributed by atoms with Crippen molar-refractivity contribution in [3.05, 3.63) is 94.0 Å². The second-order valence-corrected chi connectivity index (χ2v) is 6.71. The van der Waals surface area contributed by atoms with E-state index in [1.54, 1.807) is 17.7 Å². The summed E-state index contributed by atoms with van der Waals surface area (Å²) in [6.45, 7) is 1.98. The largest absolute Gasteiger partial charge is 0.495 e. The van der Waals surface area contributed by atoms with E-state index in [1.807, 2.05) is 79.7 Å². The summed E-state index contributed by atoms with van der Waals surface area (Å²) in [6, 6.07) is 20.6. The summed E-state index contributed by atoms with van der Waals surface area (Å²) < 4.78 is 6.95. The molecule has 0 radical (unpaired) electrons. The molecule has 4 rings (SSSR count). The van der Waals surface area contributed by atoms with Crippen molar-refractivity contribution >= 4 is 28.7 Å². The lowest BCUT2D eigenvalue weighted by molar-refractivity contribution is 0.417. The fraction of sp³-hybridized carbons (Fsp3) is 0.0833. The minimum atomic E-state index is -0.114. The topological polar surface area (TPSA) is 70.1 Å². The molecule has 144 valence electrons. The molecule has 0 aliphatic heterocycles. The number of hydrogen-bond acceptors (Lipinski definition) is 4. The smallest absolute Gasteiger partial charge is 0.266 e. The van der Waals surface area contributed by atoms with E-state index in [1.165, 1.54) is 0 Å². The minimum absolute atomic E-state index is 0.114. The average molecular weight is 383 g/mol. The molecule has 4 aromatic rings. The zero-order chi connectivity index (χ0) is 20.4. The molecule has 0 aliphatic carbocycles. The van der Waals surface area contributed by atoms with Crippen LogP contribution in [-0.4, -0.2) is 16.7 Å². The standard InChI is InChI=1S/C24H21N3O2/c1-16-12-14-21(29-2)23(25)18(16)13-15-22-26-20-11-7-6-10-19(20)24(28)27(22)17-8-4-3-5-9-17/h3-15H,25H2,1-2H3/b15-13+. The Morgan fingerprint density at radius 2 is 1.69 bits per heavy atom. The number of anilines is 1. The van der Waals surface area contributed by atoms with E-state index in [0.29, 0.717) is 28.2 Å². The summed E-state index contributed by atoms with van der Waals surface area (Å²) in [5.74, 6) is 1.14. The van der Waals surface area contributed by atoms with Crippen LogP contribution in [0.15, 0.2) is 71.5 Å². The monoisotopic (exact) mass is 383 g/mol. The summed E-state index contributed by atoms with van der Waals surface area (Å²) in [4.78, 5) is 18.0. The predicted octanol–water partition coefficient (Wildman–Crippen LogP) is 4.46. The molecule has 1 heterocycles. The first kappa shape index (κ1) is 18.5. The molecule has 0 aliphatic rings. The number of aromatic nitrogens is 2. The first-order chi connectivity index (χ1) is 14.1. The lowest BCUT2D eigenvalue weighted by atomic mass is 10.1. The fourth-order valence-corrected chi connectivity index (χ4v) is 3.37. The Kier molecular flexibility index (Phi) is 4.87. The predicted molar refractivity (Wildman–Crippen MR) is 118 cm³/mol. The van der Waals surface area contributed by atoms with Crippen molar-refractivity contribution in [1.29, 1.82) is 0 Å². The van der Waals surface area contributed by atoms with Gasteiger partial charge in [-0.25, -0.2) is 4.98 Å². The van der Waals surface area contributed by atoms with Gasteiger partial charge in [-0.15, -0.1) is 0 Å². The Balaban J connectivity index is 1.95. The Morgan fingerprint density at radius 3 is 2.45 bits per heavy atom. The minimum Gasteiger partial charge on any atom is -0.495 e. The number of nitrogens with two attached hydrogens (primary N) is 1. The number of fused-ring (bicyclic) bond motifs is 1. The second kappa shape index (κ2) is 7.64. The number of nitrogen functional groups attached to an aromatic ring is 1. The molecule has 0 fully saturated rings. The summed E-state index contributed by atoms with van der Waals surface area (Å²) in [5.41, 5.74) is 9.96. The molecule has 5 nitrogen and oxygen atoms in total. The molecule has 0 bridgehead atoms. The summed E-state index contributed by atoms with van der Waals surface area (Å²) in [5, 5.41) is 0.575. The molecule has 1 aromatic heterocycles. The highest BCUT2D eigenvalue weighted by Crippen LogP contribution is 2.29. The van der Waals surface area contributed by atoms with Gasteiger partial charge in [-0.05, 0) is 55.0 Å². The molecule has 3 aromatic carbocycles. The Labute approximate surface area is 168 Å². The number of aryl methyl sites for hydroxylation is 1. The number of rotatable bonds is 4. The molecule has 29 heavy (non-hydrogen) atoms. The second-order valence-electron chi connectivity index (χ2n) is 6.71. The molecular formula is C24H21N3O2. The van der Waals surface area contributed by atoms with Gasteiger partial charge < -0.3 is 10.5 Å². The van der Waals surface area contributed by atoms with Crippen molar-refractivity contribution in [2.45, 2.75) is 6.92 Å². The zero-order valence-electron chi connectivity index (χ0n) is 16.3. The maximum atomic E-state index is 13.2. The van der Waals surface area contributed by atoms with Crippen molar-refractivity contribution in [1.82, 2.24) is 9.55 Å². The van der Waals surface area contributed by atoms with Gasteiger partial charge in [-0.1, -0.05) is 36.4 Å². The normalized spacial score (nSPS) is 11.2. The van der Waals surface area contributed by atoms with Gasteiger partial charge in [0.25, 0.3) is 5.56 Å². The number of nitrogens with zero attached hydrogens (tertiary/aromatic N) is 2. The van der Waals surface area contributed by atoms with Crippen LogP contribution in [0.25, 0.3) is 28.7 Å². The highest BCUT2D eigenvalue weighted by molar-refractivity contribution is 5.82. The molecule has 0 amide bonds. The SMILES string of the molecule is COc1ccc(C)c(/C=C/c2nc3ccccc3c(=O)n2-c2ccccc2)c1N. The van der Waals surface area contributed by atoms with Crippen LogP contribution in [0.1, 0.15) is 17.0 Å². The van der Waals surface area contributed by atoms with Gasteiger partial charge in [0.05, 0.1) is 29.4 Å². The van der Waals surface area contributed by atoms with Gasteiger partial charge in [0.1, 0.15) is 11.6 Å². The number of para-hydroxylation sites is 2. The highest BCUT2D eigenvalue weighted by atomic mass is 16.5. The zero-order valence-corrected chi connectivity index (χ0v) is 16.3. The van der Waals surface area contributed by atoms with Crippen molar-refractivity contribution in [2.75, 3.05) is 12.8 Å². The van der Waals surface area contributed by atoms with Crippen molar-refractivity contribution in [2.24, 2.45) is 0 Å². The van der Waals surface area contributed by atoms with E-state index in [-0.39, 0.29) is 5.56 Å². The maximum absolute atomic E-state index is 13.2. The third-order valence-electron chi connectivity index (χ3n) is 4.90. The number of methoxy groups -OCH3 is 1. The van der Waals surface area contributed by atoms with Crippen LogP contribution in [0.3, 0.4) is 0 Å². The lowest BCUT2D eigenvalue weighted by Gasteiger charge is -2.12. The third-order valence-corrected chi connectivity index (χ3v) is 4.90. The van der Waals surface area contributed by atoms with Crippen LogP contribution >= 0.6 is 0 Å². The molecule has 0 saturated heterocycles. The number of hydrogen-bond donors (Lipinski definition) is 1. The maximum Gasteiger partial charge on any atom is 0.266 e. The average Bonchev–Trinajstić information content (AvgIpc) is 2.74. The molecule has 5 heteroatoms. The van der Waals surface area contributed by atoms with Crippen LogP contribution in [0.4, 0.5) is 5.69 Å². The number of ether oxygens (including phenoxy) is 1. The van der Waals surface area contributed by atoms with E-state index >= 15 is 0 Å². The summed E-state index contributed by atoms with van der Waals surface area (Å²) >= 11 is 0.